The van der Waals surface area contributed by atoms with Gasteiger partial charge in [-0.25, -0.2) is 0 Å². The highest BCUT2D eigenvalue weighted by atomic mass is 16.5. The van der Waals surface area contributed by atoms with E-state index in [1.54, 1.807) is 0 Å². The molecule has 0 bridgehead atoms. The molecule has 2 atom stereocenters. The summed E-state index contributed by atoms with van der Waals surface area (Å²) in [5.74, 6) is 1.68. The Bertz CT molecular complexity index is 449. The van der Waals surface area contributed by atoms with E-state index in [4.69, 9.17) is 4.52 Å². The summed E-state index contributed by atoms with van der Waals surface area (Å²) in [5, 5.41) is 4.11. The first-order valence-electron chi connectivity index (χ1n) is 7.96. The van der Waals surface area contributed by atoms with E-state index in [0.29, 0.717) is 12.0 Å². The number of hydrogen-bond donors (Lipinski definition) is 0. The van der Waals surface area contributed by atoms with Gasteiger partial charge in [-0.05, 0) is 39.2 Å². The molecule has 0 radical (unpaired) electrons. The second kappa shape index (κ2) is 5.49. The molecule has 20 heavy (non-hydrogen) atoms. The Labute approximate surface area is 122 Å². The predicted octanol–water partition coefficient (Wildman–Crippen LogP) is 2.60. The van der Waals surface area contributed by atoms with Crippen LogP contribution in [0.15, 0.2) is 4.52 Å². The molecule has 3 rings (SSSR count). The molecule has 0 spiro atoms. The minimum atomic E-state index is 0.651. The van der Waals surface area contributed by atoms with Gasteiger partial charge in [0.15, 0.2) is 0 Å². The lowest BCUT2D eigenvalue weighted by Crippen LogP contribution is -2.57. The van der Waals surface area contributed by atoms with Gasteiger partial charge in [0.25, 0.3) is 0 Å². The second-order valence-electron chi connectivity index (χ2n) is 6.83. The third kappa shape index (κ3) is 2.51. The molecular formula is C16H27N3O. The summed E-state index contributed by atoms with van der Waals surface area (Å²) >= 11 is 0. The quantitative estimate of drug-likeness (QED) is 0.850. The van der Waals surface area contributed by atoms with Gasteiger partial charge >= 0.3 is 0 Å². The van der Waals surface area contributed by atoms with Crippen LogP contribution in [0.4, 0.5) is 0 Å². The molecule has 0 aliphatic carbocycles. The molecule has 0 amide bonds. The molecule has 0 N–H and O–H groups in total. The third-order valence-electron chi connectivity index (χ3n) is 5.15. The maximum atomic E-state index is 5.33. The van der Waals surface area contributed by atoms with Crippen molar-refractivity contribution in [1.82, 2.24) is 15.0 Å². The molecule has 2 unspecified atom stereocenters. The molecule has 4 nitrogen and oxygen atoms in total. The zero-order valence-electron chi connectivity index (χ0n) is 13.2. The molecule has 0 aromatic carbocycles. The topological polar surface area (TPSA) is 32.5 Å². The van der Waals surface area contributed by atoms with Crippen molar-refractivity contribution in [2.45, 2.75) is 59.2 Å². The van der Waals surface area contributed by atoms with Crippen LogP contribution < -0.4 is 0 Å². The predicted molar refractivity (Wildman–Crippen MR) is 79.6 cm³/mol. The van der Waals surface area contributed by atoms with E-state index in [0.717, 1.165) is 24.0 Å². The molecule has 1 aromatic rings. The molecular weight excluding hydrogens is 250 g/mol. The monoisotopic (exact) mass is 277 g/mol. The van der Waals surface area contributed by atoms with Crippen LogP contribution in [0, 0.1) is 19.8 Å². The molecule has 2 aliphatic rings. The largest absolute Gasteiger partial charge is 0.361 e. The minimum absolute atomic E-state index is 0.651. The molecule has 1 aromatic heterocycles. The number of fused-ring (bicyclic) bond motifs is 1. The zero-order chi connectivity index (χ0) is 14.3. The van der Waals surface area contributed by atoms with Crippen molar-refractivity contribution in [3.05, 3.63) is 17.0 Å². The Balaban J connectivity index is 1.78. The summed E-state index contributed by atoms with van der Waals surface area (Å²) in [6.07, 6.45) is 2.73. The Morgan fingerprint density at radius 2 is 2.10 bits per heavy atom. The van der Waals surface area contributed by atoms with Crippen LogP contribution in [0.3, 0.4) is 0 Å². The van der Waals surface area contributed by atoms with Crippen LogP contribution in [0.25, 0.3) is 0 Å². The summed E-state index contributed by atoms with van der Waals surface area (Å²) in [5.41, 5.74) is 2.35. The maximum Gasteiger partial charge on any atom is 0.138 e. The van der Waals surface area contributed by atoms with Crippen molar-refractivity contribution in [2.75, 3.05) is 19.6 Å². The Morgan fingerprint density at radius 3 is 2.75 bits per heavy atom. The maximum absolute atomic E-state index is 5.33. The fraction of sp³-hybridized carbons (Fsp3) is 0.812. The van der Waals surface area contributed by atoms with Crippen molar-refractivity contribution < 1.29 is 4.52 Å². The molecule has 2 saturated heterocycles. The zero-order valence-corrected chi connectivity index (χ0v) is 13.2. The van der Waals surface area contributed by atoms with E-state index in [9.17, 15) is 0 Å². The number of rotatable bonds is 3. The van der Waals surface area contributed by atoms with Crippen LogP contribution in [0.1, 0.15) is 43.7 Å². The first-order valence-corrected chi connectivity index (χ1v) is 7.96. The molecule has 2 fully saturated rings. The fourth-order valence-electron chi connectivity index (χ4n) is 3.85. The lowest BCUT2D eigenvalue weighted by Gasteiger charge is -2.45. The number of aryl methyl sites for hydroxylation is 2. The van der Waals surface area contributed by atoms with Crippen LogP contribution in [0.2, 0.25) is 0 Å². The van der Waals surface area contributed by atoms with Crippen molar-refractivity contribution in [1.29, 1.82) is 0 Å². The Hall–Kier alpha value is -0.870. The van der Waals surface area contributed by atoms with E-state index in [2.05, 4.69) is 35.7 Å². The van der Waals surface area contributed by atoms with Gasteiger partial charge in [0.05, 0.1) is 5.69 Å². The highest BCUT2D eigenvalue weighted by Gasteiger charge is 2.37. The SMILES string of the molecule is Cc1noc(C)c1CN1CC2CCCN2CC1C(C)C. The Kier molecular flexibility index (Phi) is 3.87. The van der Waals surface area contributed by atoms with Gasteiger partial charge in [0.1, 0.15) is 5.76 Å². The van der Waals surface area contributed by atoms with E-state index < -0.39 is 0 Å². The smallest absolute Gasteiger partial charge is 0.138 e. The van der Waals surface area contributed by atoms with Gasteiger partial charge in [0.2, 0.25) is 0 Å². The van der Waals surface area contributed by atoms with Crippen LogP contribution in [0.5, 0.6) is 0 Å². The van der Waals surface area contributed by atoms with Gasteiger partial charge < -0.3 is 4.52 Å². The number of aromatic nitrogens is 1. The third-order valence-corrected chi connectivity index (χ3v) is 5.15. The van der Waals surface area contributed by atoms with Crippen LogP contribution in [-0.2, 0) is 6.54 Å². The van der Waals surface area contributed by atoms with Gasteiger partial charge in [0, 0.05) is 37.3 Å². The summed E-state index contributed by atoms with van der Waals surface area (Å²) < 4.78 is 5.33. The lowest BCUT2D eigenvalue weighted by atomic mass is 9.96. The highest BCUT2D eigenvalue weighted by molar-refractivity contribution is 5.21. The first-order chi connectivity index (χ1) is 9.56. The van der Waals surface area contributed by atoms with E-state index in [1.807, 2.05) is 6.92 Å². The normalized spacial score (nSPS) is 28.2. The van der Waals surface area contributed by atoms with Crippen molar-refractivity contribution in [3.8, 4) is 0 Å². The fourth-order valence-corrected chi connectivity index (χ4v) is 3.85. The van der Waals surface area contributed by atoms with Gasteiger partial charge in [-0.15, -0.1) is 0 Å². The van der Waals surface area contributed by atoms with Crippen LogP contribution >= 0.6 is 0 Å². The van der Waals surface area contributed by atoms with Gasteiger partial charge in [-0.1, -0.05) is 19.0 Å². The highest BCUT2D eigenvalue weighted by Crippen LogP contribution is 2.29. The molecule has 4 heteroatoms. The summed E-state index contributed by atoms with van der Waals surface area (Å²) in [7, 11) is 0. The molecule has 3 heterocycles. The van der Waals surface area contributed by atoms with Gasteiger partial charge in [-0.2, -0.15) is 0 Å². The van der Waals surface area contributed by atoms with Crippen molar-refractivity contribution in [2.24, 2.45) is 5.92 Å². The summed E-state index contributed by atoms with van der Waals surface area (Å²) in [6.45, 7) is 13.5. The molecule has 112 valence electrons. The lowest BCUT2D eigenvalue weighted by molar-refractivity contribution is 0.0236. The minimum Gasteiger partial charge on any atom is -0.361 e. The molecule has 0 saturated carbocycles. The van der Waals surface area contributed by atoms with Crippen molar-refractivity contribution in [3.63, 3.8) is 0 Å². The van der Waals surface area contributed by atoms with E-state index >= 15 is 0 Å². The van der Waals surface area contributed by atoms with Crippen LogP contribution in [-0.4, -0.2) is 46.7 Å². The number of piperazine rings is 1. The average molecular weight is 277 g/mol. The van der Waals surface area contributed by atoms with Crippen molar-refractivity contribution >= 4 is 0 Å². The standard InChI is InChI=1S/C16H27N3O/c1-11(2)16-10-18-7-5-6-14(18)8-19(16)9-15-12(3)17-20-13(15)4/h11,14,16H,5-10H2,1-4H3. The van der Waals surface area contributed by atoms with E-state index in [1.165, 1.54) is 38.0 Å². The second-order valence-corrected chi connectivity index (χ2v) is 6.83. The average Bonchev–Trinajstić information content (AvgIpc) is 2.98. The van der Waals surface area contributed by atoms with E-state index in [-0.39, 0.29) is 0 Å². The summed E-state index contributed by atoms with van der Waals surface area (Å²) in [4.78, 5) is 5.37. The summed E-state index contributed by atoms with van der Waals surface area (Å²) in [6, 6.07) is 1.42. The first kappa shape index (κ1) is 14.1. The number of nitrogens with zero attached hydrogens (tertiary/aromatic N) is 3. The number of hydrogen-bond acceptors (Lipinski definition) is 4. The Morgan fingerprint density at radius 1 is 1.30 bits per heavy atom. The van der Waals surface area contributed by atoms with Gasteiger partial charge in [-0.3, -0.25) is 9.80 Å². The molecule has 2 aliphatic heterocycles.